The van der Waals surface area contributed by atoms with E-state index in [2.05, 4.69) is 39.4 Å². The smallest absolute Gasteiger partial charge is 0.0981 e. The summed E-state index contributed by atoms with van der Waals surface area (Å²) in [6.45, 7) is 3.06. The molecule has 1 aliphatic rings. The van der Waals surface area contributed by atoms with Crippen LogP contribution in [0, 0.1) is 0 Å². The quantitative estimate of drug-likeness (QED) is 0.610. The normalized spacial score (nSPS) is 16.0. The highest BCUT2D eigenvalue weighted by Crippen LogP contribution is 2.37. The minimum absolute atomic E-state index is 0.00553. The van der Waals surface area contributed by atoms with Gasteiger partial charge in [-0.15, -0.1) is 11.3 Å². The molecular weight excluding hydrogens is 368 g/mol. The summed E-state index contributed by atoms with van der Waals surface area (Å²) in [7, 11) is 0. The first-order chi connectivity index (χ1) is 10.2. The van der Waals surface area contributed by atoms with E-state index in [0.717, 1.165) is 28.9 Å². The molecule has 0 radical (unpaired) electrons. The van der Waals surface area contributed by atoms with Crippen molar-refractivity contribution in [1.82, 2.24) is 15.2 Å². The number of nitrogens with one attached hydrogen (secondary N) is 1. The molecule has 4 nitrogen and oxygen atoms in total. The number of aromatic nitrogens is 2. The molecule has 1 aliphatic heterocycles. The van der Waals surface area contributed by atoms with Gasteiger partial charge < -0.3 is 0 Å². The van der Waals surface area contributed by atoms with Crippen LogP contribution in [0.3, 0.4) is 0 Å². The predicted molar refractivity (Wildman–Crippen MR) is 93.6 cm³/mol. The van der Waals surface area contributed by atoms with Crippen LogP contribution in [0.2, 0.25) is 0 Å². The number of hydrogen-bond acceptors (Lipinski definition) is 5. The van der Waals surface area contributed by atoms with Crippen molar-refractivity contribution in [2.75, 3.05) is 5.75 Å². The number of aryl methyl sites for hydroxylation is 2. The van der Waals surface area contributed by atoms with Gasteiger partial charge in [0.2, 0.25) is 0 Å². The maximum Gasteiger partial charge on any atom is 0.0981 e. The molecule has 0 fully saturated rings. The molecule has 2 aromatic heterocycles. The van der Waals surface area contributed by atoms with Gasteiger partial charge in [0.1, 0.15) is 0 Å². The number of nitrogens with two attached hydrogens (primary N) is 1. The van der Waals surface area contributed by atoms with Crippen LogP contribution in [0.25, 0.3) is 0 Å². The second-order valence-electron chi connectivity index (χ2n) is 5.10. The number of hydrazine groups is 1. The summed E-state index contributed by atoms with van der Waals surface area (Å²) in [4.78, 5) is 2.80. The lowest BCUT2D eigenvalue weighted by molar-refractivity contribution is 0.523. The number of thiophene rings is 1. The van der Waals surface area contributed by atoms with Gasteiger partial charge in [-0.2, -0.15) is 16.9 Å². The second-order valence-corrected chi connectivity index (χ2v) is 8.23. The van der Waals surface area contributed by atoms with E-state index in [4.69, 9.17) is 5.84 Å². The molecule has 1 unspecified atom stereocenters. The van der Waals surface area contributed by atoms with Gasteiger partial charge in [0.05, 0.1) is 22.4 Å². The van der Waals surface area contributed by atoms with Gasteiger partial charge in [-0.1, -0.05) is 6.92 Å². The third kappa shape index (κ3) is 3.07. The summed E-state index contributed by atoms with van der Waals surface area (Å²) < 4.78 is 3.06. The van der Waals surface area contributed by atoms with Crippen LogP contribution in [0.4, 0.5) is 0 Å². The molecule has 0 saturated carbocycles. The largest absolute Gasteiger partial charge is 0.270 e. The molecule has 1 atom stereocenters. The van der Waals surface area contributed by atoms with Crippen LogP contribution >= 0.6 is 39.0 Å². The Morgan fingerprint density at radius 1 is 1.57 bits per heavy atom. The van der Waals surface area contributed by atoms with Crippen LogP contribution in [-0.2, 0) is 18.7 Å². The van der Waals surface area contributed by atoms with Crippen molar-refractivity contribution >= 4 is 39.0 Å². The highest BCUT2D eigenvalue weighted by atomic mass is 79.9. The van der Waals surface area contributed by atoms with Crippen LogP contribution in [0.1, 0.15) is 40.4 Å². The average molecular weight is 387 g/mol. The van der Waals surface area contributed by atoms with Crippen molar-refractivity contribution in [3.8, 4) is 0 Å². The molecule has 3 N–H and O–H groups in total. The van der Waals surface area contributed by atoms with Crippen molar-refractivity contribution in [3.05, 3.63) is 37.7 Å². The summed E-state index contributed by atoms with van der Waals surface area (Å²) >= 11 is 7.51. The molecule has 7 heteroatoms. The number of thioether (sulfide) groups is 1. The van der Waals surface area contributed by atoms with E-state index in [1.54, 1.807) is 0 Å². The van der Waals surface area contributed by atoms with Gasteiger partial charge in [0.15, 0.2) is 0 Å². The van der Waals surface area contributed by atoms with Crippen molar-refractivity contribution < 1.29 is 0 Å². The molecule has 0 spiro atoms. The molecule has 21 heavy (non-hydrogen) atoms. The molecule has 3 heterocycles. The second kappa shape index (κ2) is 6.83. The van der Waals surface area contributed by atoms with E-state index < -0.39 is 0 Å². The van der Waals surface area contributed by atoms with Gasteiger partial charge in [0.25, 0.3) is 0 Å². The molecule has 0 amide bonds. The zero-order chi connectivity index (χ0) is 14.8. The lowest BCUT2D eigenvalue weighted by Crippen LogP contribution is -2.30. The molecule has 0 bridgehead atoms. The number of halogens is 1. The zero-order valence-electron chi connectivity index (χ0n) is 11.9. The minimum atomic E-state index is -0.00553. The van der Waals surface area contributed by atoms with E-state index in [-0.39, 0.29) is 6.04 Å². The fourth-order valence-electron chi connectivity index (χ4n) is 2.66. The molecule has 114 valence electrons. The summed E-state index contributed by atoms with van der Waals surface area (Å²) in [5.74, 6) is 8.23. The molecule has 0 saturated heterocycles. The fourth-order valence-corrected chi connectivity index (χ4v) is 5.62. The number of fused-ring (bicyclic) bond motifs is 1. The lowest BCUT2D eigenvalue weighted by atomic mass is 10.1. The maximum atomic E-state index is 5.88. The van der Waals surface area contributed by atoms with Gasteiger partial charge in [-0.3, -0.25) is 10.5 Å². The summed E-state index contributed by atoms with van der Waals surface area (Å²) in [6, 6.07) is 2.31. The summed E-state index contributed by atoms with van der Waals surface area (Å²) in [5.41, 5.74) is 5.57. The minimum Gasteiger partial charge on any atom is -0.270 e. The van der Waals surface area contributed by atoms with Crippen LogP contribution < -0.4 is 11.3 Å². The third-order valence-corrected chi connectivity index (χ3v) is 6.56. The topological polar surface area (TPSA) is 55.9 Å². The van der Waals surface area contributed by atoms with E-state index in [0.29, 0.717) is 0 Å². The third-order valence-electron chi connectivity index (χ3n) is 3.64. The van der Waals surface area contributed by atoms with E-state index in [9.17, 15) is 0 Å². The highest BCUT2D eigenvalue weighted by molar-refractivity contribution is 9.10. The molecule has 3 rings (SSSR count). The molecular formula is C14H19BrN4S2. The Balaban J connectivity index is 1.98. The fraction of sp³-hybridized carbons (Fsp3) is 0.500. The Kier molecular flexibility index (Phi) is 5.06. The number of rotatable bonds is 5. The van der Waals surface area contributed by atoms with Crippen molar-refractivity contribution in [3.63, 3.8) is 0 Å². The maximum absolute atomic E-state index is 5.88. The molecule has 2 aromatic rings. The van der Waals surface area contributed by atoms with E-state index >= 15 is 0 Å². The van der Waals surface area contributed by atoms with Crippen LogP contribution in [0.5, 0.6) is 0 Å². The van der Waals surface area contributed by atoms with Gasteiger partial charge >= 0.3 is 0 Å². The monoisotopic (exact) mass is 386 g/mol. The van der Waals surface area contributed by atoms with E-state index in [1.807, 2.05) is 34.0 Å². The first-order valence-corrected chi connectivity index (χ1v) is 9.87. The molecule has 0 aromatic carbocycles. The van der Waals surface area contributed by atoms with Gasteiger partial charge in [-0.05, 0) is 46.2 Å². The lowest BCUT2D eigenvalue weighted by Gasteiger charge is -2.17. The zero-order valence-corrected chi connectivity index (χ0v) is 15.2. The predicted octanol–water partition coefficient (Wildman–Crippen LogP) is 3.46. The first-order valence-electron chi connectivity index (χ1n) is 7.11. The first kappa shape index (κ1) is 15.6. The van der Waals surface area contributed by atoms with Crippen molar-refractivity contribution in [2.24, 2.45) is 5.84 Å². The average Bonchev–Trinajstić information content (AvgIpc) is 3.06. The number of nitrogens with zero attached hydrogens (tertiary/aromatic N) is 2. The Labute approximate surface area is 141 Å². The summed E-state index contributed by atoms with van der Waals surface area (Å²) in [5, 5.41) is 4.46. The van der Waals surface area contributed by atoms with E-state index in [1.165, 1.54) is 27.5 Å². The van der Waals surface area contributed by atoms with Crippen molar-refractivity contribution in [1.29, 1.82) is 0 Å². The van der Waals surface area contributed by atoms with Gasteiger partial charge in [-0.25, -0.2) is 5.43 Å². The highest BCUT2D eigenvalue weighted by Gasteiger charge is 2.24. The Morgan fingerprint density at radius 2 is 2.43 bits per heavy atom. The Hall–Kier alpha value is -0.340. The van der Waals surface area contributed by atoms with Crippen LogP contribution in [0.15, 0.2) is 16.7 Å². The van der Waals surface area contributed by atoms with Crippen LogP contribution in [-0.4, -0.2) is 15.5 Å². The standard InChI is InChI=1S/C14H19BrN4S2/c1-2-4-19-14(10(15)7-17-19)13(18-16)12-6-9-8-20-5-3-11(9)21-12/h6-7,13,18H,2-5,8,16H2,1H3. The van der Waals surface area contributed by atoms with Crippen molar-refractivity contribution in [2.45, 2.75) is 38.1 Å². The Morgan fingerprint density at radius 3 is 3.14 bits per heavy atom. The summed E-state index contributed by atoms with van der Waals surface area (Å²) in [6.07, 6.45) is 4.09. The Bertz CT molecular complexity index is 599. The van der Waals surface area contributed by atoms with Gasteiger partial charge in [0, 0.05) is 22.1 Å². The SMILES string of the molecule is CCCn1ncc(Br)c1C(NN)c1cc2c(s1)CCSC2. The molecule has 0 aliphatic carbocycles. The number of hydrogen-bond donors (Lipinski definition) is 2.